The summed E-state index contributed by atoms with van der Waals surface area (Å²) in [6.45, 7) is 4.88. The van der Waals surface area contributed by atoms with Crippen molar-refractivity contribution in [1.29, 1.82) is 0 Å². The van der Waals surface area contributed by atoms with Crippen molar-refractivity contribution < 1.29 is 32.7 Å². The maximum atomic E-state index is 13.8. The number of imide groups is 1. The quantitative estimate of drug-likeness (QED) is 0.429. The van der Waals surface area contributed by atoms with Crippen molar-refractivity contribution in [3.05, 3.63) is 94.0 Å². The molecule has 35 heavy (non-hydrogen) atoms. The van der Waals surface area contributed by atoms with Crippen LogP contribution in [0.3, 0.4) is 0 Å². The van der Waals surface area contributed by atoms with E-state index in [1.807, 2.05) is 13.0 Å². The number of carbonyl (C=O) groups is 4. The molecule has 1 N–H and O–H groups in total. The molecule has 178 valence electrons. The van der Waals surface area contributed by atoms with Crippen molar-refractivity contribution in [2.24, 2.45) is 0 Å². The third kappa shape index (κ3) is 4.52. The molecule has 0 aromatic heterocycles. The van der Waals surface area contributed by atoms with Gasteiger partial charge in [-0.05, 0) is 68.3 Å². The molecule has 3 amide bonds. The number of nitrogens with one attached hydrogen (secondary N) is 1. The number of esters is 1. The normalized spacial score (nSPS) is 13.5. The summed E-state index contributed by atoms with van der Waals surface area (Å²) in [5.74, 6) is -4.51. The van der Waals surface area contributed by atoms with E-state index in [-0.39, 0.29) is 16.7 Å². The SMILES string of the molecule is Cc1ccc(C)c(N2C(=O)c3ccc(C(=O)OC(C)C(=O)Nc4cc(F)ccc4F)cc3C2=O)c1. The largest absolute Gasteiger partial charge is 0.449 e. The van der Waals surface area contributed by atoms with Gasteiger partial charge in [-0.2, -0.15) is 0 Å². The Labute approximate surface area is 199 Å². The number of ether oxygens (including phenoxy) is 1. The first kappa shape index (κ1) is 23.7. The Hall–Kier alpha value is -4.40. The number of fused-ring (bicyclic) bond motifs is 1. The summed E-state index contributed by atoms with van der Waals surface area (Å²) in [6.07, 6.45) is -1.36. The van der Waals surface area contributed by atoms with Crippen molar-refractivity contribution in [2.45, 2.75) is 26.9 Å². The maximum absolute atomic E-state index is 13.8. The van der Waals surface area contributed by atoms with Crippen molar-refractivity contribution >= 4 is 35.1 Å². The van der Waals surface area contributed by atoms with E-state index in [0.717, 1.165) is 34.2 Å². The van der Waals surface area contributed by atoms with Crippen LogP contribution in [0.1, 0.15) is 49.1 Å². The van der Waals surface area contributed by atoms with E-state index >= 15 is 0 Å². The van der Waals surface area contributed by atoms with Crippen LogP contribution < -0.4 is 10.2 Å². The molecule has 9 heteroatoms. The predicted molar refractivity (Wildman–Crippen MR) is 123 cm³/mol. The molecule has 3 aromatic carbocycles. The average Bonchev–Trinajstić information content (AvgIpc) is 3.07. The lowest BCUT2D eigenvalue weighted by molar-refractivity contribution is -0.123. The molecule has 1 aliphatic rings. The molecular weight excluding hydrogens is 458 g/mol. The van der Waals surface area contributed by atoms with Gasteiger partial charge < -0.3 is 10.1 Å². The van der Waals surface area contributed by atoms with Gasteiger partial charge in [-0.25, -0.2) is 18.5 Å². The molecule has 1 unspecified atom stereocenters. The van der Waals surface area contributed by atoms with Gasteiger partial charge in [0.2, 0.25) is 0 Å². The molecule has 1 atom stereocenters. The monoisotopic (exact) mass is 478 g/mol. The van der Waals surface area contributed by atoms with E-state index in [1.165, 1.54) is 25.1 Å². The number of aryl methyl sites for hydroxylation is 2. The Morgan fingerprint density at radius 2 is 1.63 bits per heavy atom. The smallest absolute Gasteiger partial charge is 0.338 e. The molecule has 0 bridgehead atoms. The Morgan fingerprint density at radius 3 is 2.37 bits per heavy atom. The molecule has 4 rings (SSSR count). The molecular formula is C26H20F2N2O5. The van der Waals surface area contributed by atoms with Gasteiger partial charge in [-0.3, -0.25) is 14.4 Å². The summed E-state index contributed by atoms with van der Waals surface area (Å²) in [4.78, 5) is 52.0. The second-order valence-corrected chi connectivity index (χ2v) is 8.16. The molecule has 0 saturated heterocycles. The highest BCUT2D eigenvalue weighted by atomic mass is 19.1. The number of rotatable bonds is 5. The Morgan fingerprint density at radius 1 is 0.914 bits per heavy atom. The molecule has 1 heterocycles. The fraction of sp³-hybridized carbons (Fsp3) is 0.154. The molecule has 0 saturated carbocycles. The first-order chi connectivity index (χ1) is 16.6. The van der Waals surface area contributed by atoms with Crippen LogP contribution in [0.25, 0.3) is 0 Å². The van der Waals surface area contributed by atoms with Gasteiger partial charge >= 0.3 is 5.97 Å². The average molecular weight is 478 g/mol. The summed E-state index contributed by atoms with van der Waals surface area (Å²) >= 11 is 0. The topological polar surface area (TPSA) is 92.8 Å². The fourth-order valence-corrected chi connectivity index (χ4v) is 3.66. The summed E-state index contributed by atoms with van der Waals surface area (Å²) in [6, 6.07) is 11.9. The lowest BCUT2D eigenvalue weighted by atomic mass is 10.1. The van der Waals surface area contributed by atoms with Gasteiger partial charge in [0.1, 0.15) is 11.6 Å². The Balaban J connectivity index is 1.51. The molecule has 3 aromatic rings. The standard InChI is InChI=1S/C26H20F2N2O5/c1-13-4-5-14(2)22(10-13)30-24(32)18-8-6-16(11-19(18)25(30)33)26(34)35-15(3)23(31)29-21-12-17(27)7-9-20(21)28/h4-12,15H,1-3H3,(H,29,31). The van der Waals surface area contributed by atoms with Crippen LogP contribution in [0.15, 0.2) is 54.6 Å². The lowest BCUT2D eigenvalue weighted by Gasteiger charge is -2.17. The van der Waals surface area contributed by atoms with E-state index in [0.29, 0.717) is 5.69 Å². The summed E-state index contributed by atoms with van der Waals surface area (Å²) in [7, 11) is 0. The maximum Gasteiger partial charge on any atom is 0.338 e. The highest BCUT2D eigenvalue weighted by Crippen LogP contribution is 2.32. The number of carbonyl (C=O) groups excluding carboxylic acids is 4. The molecule has 1 aliphatic heterocycles. The lowest BCUT2D eigenvalue weighted by Crippen LogP contribution is -2.30. The van der Waals surface area contributed by atoms with Crippen LogP contribution in [-0.2, 0) is 9.53 Å². The number of anilines is 2. The minimum absolute atomic E-state index is 0.0318. The van der Waals surface area contributed by atoms with Crippen molar-refractivity contribution in [3.63, 3.8) is 0 Å². The second-order valence-electron chi connectivity index (χ2n) is 8.16. The van der Waals surface area contributed by atoms with Crippen LogP contribution >= 0.6 is 0 Å². The predicted octanol–water partition coefficient (Wildman–Crippen LogP) is 4.57. The van der Waals surface area contributed by atoms with Crippen molar-refractivity contribution in [3.8, 4) is 0 Å². The van der Waals surface area contributed by atoms with Crippen LogP contribution in [-0.4, -0.2) is 29.8 Å². The zero-order chi connectivity index (χ0) is 25.4. The van der Waals surface area contributed by atoms with E-state index < -0.39 is 47.1 Å². The number of benzene rings is 3. The third-order valence-corrected chi connectivity index (χ3v) is 5.57. The van der Waals surface area contributed by atoms with Gasteiger partial charge in [-0.1, -0.05) is 12.1 Å². The van der Waals surface area contributed by atoms with Gasteiger partial charge in [0.25, 0.3) is 17.7 Å². The zero-order valence-electron chi connectivity index (χ0n) is 19.0. The van der Waals surface area contributed by atoms with Crippen LogP contribution in [0.5, 0.6) is 0 Å². The number of nitrogens with zero attached hydrogens (tertiary/aromatic N) is 1. The molecule has 0 spiro atoms. The molecule has 0 radical (unpaired) electrons. The highest BCUT2D eigenvalue weighted by Gasteiger charge is 2.38. The number of hydrogen-bond donors (Lipinski definition) is 1. The van der Waals surface area contributed by atoms with E-state index in [2.05, 4.69) is 5.32 Å². The Bertz CT molecular complexity index is 1400. The van der Waals surface area contributed by atoms with Crippen LogP contribution in [0.2, 0.25) is 0 Å². The van der Waals surface area contributed by atoms with E-state index in [4.69, 9.17) is 4.74 Å². The highest BCUT2D eigenvalue weighted by molar-refractivity contribution is 6.35. The summed E-state index contributed by atoms with van der Waals surface area (Å²) < 4.78 is 32.2. The van der Waals surface area contributed by atoms with E-state index in [1.54, 1.807) is 19.1 Å². The van der Waals surface area contributed by atoms with Gasteiger partial charge in [0.05, 0.1) is 28.1 Å². The van der Waals surface area contributed by atoms with Gasteiger partial charge in [0.15, 0.2) is 6.10 Å². The zero-order valence-corrected chi connectivity index (χ0v) is 19.0. The summed E-state index contributed by atoms with van der Waals surface area (Å²) in [5.41, 5.74) is 1.78. The Kier molecular flexibility index (Phi) is 6.17. The van der Waals surface area contributed by atoms with Crippen molar-refractivity contribution in [1.82, 2.24) is 0 Å². The molecule has 7 nitrogen and oxygen atoms in total. The minimum Gasteiger partial charge on any atom is -0.449 e. The van der Waals surface area contributed by atoms with Crippen LogP contribution in [0.4, 0.5) is 20.2 Å². The second kappa shape index (κ2) is 9.09. The minimum atomic E-state index is -1.36. The number of hydrogen-bond acceptors (Lipinski definition) is 5. The first-order valence-corrected chi connectivity index (χ1v) is 10.6. The summed E-state index contributed by atoms with van der Waals surface area (Å²) in [5, 5.41) is 2.16. The van der Waals surface area contributed by atoms with Crippen LogP contribution in [0, 0.1) is 25.5 Å². The fourth-order valence-electron chi connectivity index (χ4n) is 3.66. The number of halogens is 2. The van der Waals surface area contributed by atoms with Gasteiger partial charge in [-0.15, -0.1) is 0 Å². The van der Waals surface area contributed by atoms with E-state index in [9.17, 15) is 28.0 Å². The van der Waals surface area contributed by atoms with Gasteiger partial charge in [0, 0.05) is 6.07 Å². The molecule has 0 aliphatic carbocycles. The number of amides is 3. The molecule has 0 fully saturated rings. The first-order valence-electron chi connectivity index (χ1n) is 10.6. The van der Waals surface area contributed by atoms with Crippen molar-refractivity contribution in [2.75, 3.05) is 10.2 Å². The third-order valence-electron chi connectivity index (χ3n) is 5.57.